The minimum absolute atomic E-state index is 0.163. The molecule has 0 atom stereocenters. The lowest BCUT2D eigenvalue weighted by Gasteiger charge is -2.11. The molecule has 0 aliphatic heterocycles. The van der Waals surface area contributed by atoms with Crippen molar-refractivity contribution in [1.82, 2.24) is 20.5 Å². The highest BCUT2D eigenvalue weighted by Gasteiger charge is 2.13. The molecular formula is C20H21N5O3. The van der Waals surface area contributed by atoms with Gasteiger partial charge in [-0.1, -0.05) is 24.3 Å². The van der Waals surface area contributed by atoms with Gasteiger partial charge in [-0.05, 0) is 38.1 Å². The van der Waals surface area contributed by atoms with Crippen molar-refractivity contribution in [3.63, 3.8) is 0 Å². The Bertz CT molecular complexity index is 983. The number of aromatic amines is 1. The van der Waals surface area contributed by atoms with E-state index in [2.05, 4.69) is 25.8 Å². The van der Waals surface area contributed by atoms with E-state index in [0.29, 0.717) is 35.3 Å². The topological polar surface area (TPSA) is 109 Å². The van der Waals surface area contributed by atoms with E-state index >= 15 is 0 Å². The zero-order chi connectivity index (χ0) is 19.9. The van der Waals surface area contributed by atoms with Crippen LogP contribution < -0.4 is 15.4 Å². The van der Waals surface area contributed by atoms with E-state index in [-0.39, 0.29) is 18.4 Å². The van der Waals surface area contributed by atoms with Crippen molar-refractivity contribution in [2.45, 2.75) is 13.8 Å². The summed E-state index contributed by atoms with van der Waals surface area (Å²) in [6.07, 6.45) is 0. The summed E-state index contributed by atoms with van der Waals surface area (Å²) < 4.78 is 5.44. The molecule has 0 saturated heterocycles. The van der Waals surface area contributed by atoms with Gasteiger partial charge in [-0.3, -0.25) is 14.7 Å². The number of nitrogens with one attached hydrogen (secondary N) is 3. The van der Waals surface area contributed by atoms with E-state index in [1.807, 2.05) is 19.9 Å². The second-order valence-electron chi connectivity index (χ2n) is 5.99. The number of hydrogen-bond acceptors (Lipinski definition) is 5. The van der Waals surface area contributed by atoms with Crippen molar-refractivity contribution < 1.29 is 14.3 Å². The normalized spacial score (nSPS) is 10.4. The number of amides is 2. The number of ether oxygens (including phenoxy) is 1. The van der Waals surface area contributed by atoms with Crippen molar-refractivity contribution in [3.8, 4) is 17.1 Å². The molecule has 3 aromatic rings. The number of H-pyrrole nitrogens is 1. The van der Waals surface area contributed by atoms with Gasteiger partial charge in [0.05, 0.1) is 18.7 Å². The first-order valence-corrected chi connectivity index (χ1v) is 8.86. The summed E-state index contributed by atoms with van der Waals surface area (Å²) in [6.45, 7) is 3.94. The summed E-state index contributed by atoms with van der Waals surface area (Å²) in [4.78, 5) is 28.8. The molecule has 8 heteroatoms. The number of aryl methyl sites for hydroxylation is 1. The standard InChI is InChI=1S/C20H21N5O3/c1-3-28-17-10-5-4-9-16(17)20(27)21-12-18(26)23-15-8-6-7-14(11-15)19-22-13(2)24-25-19/h4-11H,3,12H2,1-2H3,(H,21,27)(H,23,26)(H,22,24,25). The Kier molecular flexibility index (Phi) is 6.01. The van der Waals surface area contributed by atoms with E-state index in [9.17, 15) is 9.59 Å². The molecule has 2 aromatic carbocycles. The van der Waals surface area contributed by atoms with Gasteiger partial charge in [-0.15, -0.1) is 0 Å². The lowest BCUT2D eigenvalue weighted by atomic mass is 10.2. The first-order valence-electron chi connectivity index (χ1n) is 8.86. The van der Waals surface area contributed by atoms with E-state index in [1.54, 1.807) is 42.5 Å². The zero-order valence-corrected chi connectivity index (χ0v) is 15.7. The fraction of sp³-hybridized carbons (Fsp3) is 0.200. The van der Waals surface area contributed by atoms with Crippen molar-refractivity contribution in [1.29, 1.82) is 0 Å². The predicted molar refractivity (Wildman–Crippen MR) is 105 cm³/mol. The van der Waals surface area contributed by atoms with Crippen LogP contribution in [0.2, 0.25) is 0 Å². The number of rotatable bonds is 7. The van der Waals surface area contributed by atoms with Crippen LogP contribution in [0, 0.1) is 6.92 Å². The quantitative estimate of drug-likeness (QED) is 0.584. The number of aromatic nitrogens is 3. The van der Waals surface area contributed by atoms with Crippen molar-refractivity contribution >= 4 is 17.5 Å². The third kappa shape index (κ3) is 4.73. The van der Waals surface area contributed by atoms with Gasteiger partial charge >= 0.3 is 0 Å². The largest absolute Gasteiger partial charge is 0.493 e. The number of carbonyl (C=O) groups is 2. The first-order chi connectivity index (χ1) is 13.6. The molecular weight excluding hydrogens is 358 g/mol. The molecule has 2 amide bonds. The number of benzene rings is 2. The monoisotopic (exact) mass is 379 g/mol. The molecule has 0 radical (unpaired) electrons. The number of hydrogen-bond donors (Lipinski definition) is 3. The average molecular weight is 379 g/mol. The molecule has 0 spiro atoms. The van der Waals surface area contributed by atoms with Gasteiger partial charge in [-0.2, -0.15) is 5.10 Å². The first kappa shape index (κ1) is 19.1. The van der Waals surface area contributed by atoms with E-state index < -0.39 is 0 Å². The molecule has 0 saturated carbocycles. The minimum atomic E-state index is -0.371. The second-order valence-corrected chi connectivity index (χ2v) is 5.99. The predicted octanol–water partition coefficient (Wildman–Crippen LogP) is 2.55. The van der Waals surface area contributed by atoms with Gasteiger partial charge in [0.2, 0.25) is 5.91 Å². The van der Waals surface area contributed by atoms with Crippen LogP contribution in [0.5, 0.6) is 5.75 Å². The van der Waals surface area contributed by atoms with Gasteiger partial charge in [0.15, 0.2) is 5.82 Å². The Morgan fingerprint density at radius 3 is 2.71 bits per heavy atom. The minimum Gasteiger partial charge on any atom is -0.493 e. The average Bonchev–Trinajstić information content (AvgIpc) is 3.13. The van der Waals surface area contributed by atoms with E-state index in [1.165, 1.54) is 0 Å². The molecule has 0 unspecified atom stereocenters. The van der Waals surface area contributed by atoms with Crippen LogP contribution in [-0.2, 0) is 4.79 Å². The Morgan fingerprint density at radius 1 is 1.14 bits per heavy atom. The highest BCUT2D eigenvalue weighted by atomic mass is 16.5. The van der Waals surface area contributed by atoms with Gasteiger partial charge in [0.25, 0.3) is 5.91 Å². The molecule has 1 heterocycles. The molecule has 0 aliphatic carbocycles. The van der Waals surface area contributed by atoms with Crippen LogP contribution in [0.25, 0.3) is 11.4 Å². The maximum atomic E-state index is 12.3. The summed E-state index contributed by atoms with van der Waals surface area (Å²) in [5.41, 5.74) is 1.75. The fourth-order valence-corrected chi connectivity index (χ4v) is 2.60. The van der Waals surface area contributed by atoms with Gasteiger partial charge < -0.3 is 15.4 Å². The van der Waals surface area contributed by atoms with E-state index in [4.69, 9.17) is 4.74 Å². The molecule has 0 aliphatic rings. The van der Waals surface area contributed by atoms with Crippen LogP contribution in [-0.4, -0.2) is 40.1 Å². The van der Waals surface area contributed by atoms with Crippen molar-refractivity contribution in [3.05, 3.63) is 59.9 Å². The molecule has 1 aromatic heterocycles. The fourth-order valence-electron chi connectivity index (χ4n) is 2.60. The summed E-state index contributed by atoms with van der Waals surface area (Å²) in [5.74, 6) is 1.03. The number of para-hydroxylation sites is 1. The maximum absolute atomic E-state index is 12.3. The summed E-state index contributed by atoms with van der Waals surface area (Å²) in [7, 11) is 0. The lowest BCUT2D eigenvalue weighted by Crippen LogP contribution is -2.33. The molecule has 144 valence electrons. The van der Waals surface area contributed by atoms with Crippen LogP contribution in [0.15, 0.2) is 48.5 Å². The number of anilines is 1. The molecule has 8 nitrogen and oxygen atoms in total. The molecule has 0 fully saturated rings. The highest BCUT2D eigenvalue weighted by Crippen LogP contribution is 2.19. The van der Waals surface area contributed by atoms with Crippen LogP contribution in [0.1, 0.15) is 23.1 Å². The summed E-state index contributed by atoms with van der Waals surface area (Å²) in [6, 6.07) is 14.1. The second kappa shape index (κ2) is 8.81. The van der Waals surface area contributed by atoms with Gasteiger partial charge in [0, 0.05) is 11.3 Å². The van der Waals surface area contributed by atoms with Crippen LogP contribution in [0.3, 0.4) is 0 Å². The van der Waals surface area contributed by atoms with Crippen LogP contribution in [0.4, 0.5) is 5.69 Å². The van der Waals surface area contributed by atoms with Gasteiger partial charge in [0.1, 0.15) is 11.6 Å². The molecule has 28 heavy (non-hydrogen) atoms. The van der Waals surface area contributed by atoms with Crippen molar-refractivity contribution in [2.24, 2.45) is 0 Å². The molecule has 0 bridgehead atoms. The van der Waals surface area contributed by atoms with Crippen molar-refractivity contribution in [2.75, 3.05) is 18.5 Å². The van der Waals surface area contributed by atoms with E-state index in [0.717, 1.165) is 5.56 Å². The Morgan fingerprint density at radius 2 is 1.96 bits per heavy atom. The smallest absolute Gasteiger partial charge is 0.255 e. The molecule has 3 N–H and O–H groups in total. The third-order valence-corrected chi connectivity index (χ3v) is 3.84. The summed E-state index contributed by atoms with van der Waals surface area (Å²) >= 11 is 0. The maximum Gasteiger partial charge on any atom is 0.255 e. The Labute approximate surface area is 162 Å². The lowest BCUT2D eigenvalue weighted by molar-refractivity contribution is -0.115. The molecule has 3 rings (SSSR count). The summed E-state index contributed by atoms with van der Waals surface area (Å²) in [5, 5.41) is 12.2. The van der Waals surface area contributed by atoms with Gasteiger partial charge in [-0.25, -0.2) is 4.98 Å². The number of nitrogens with zero attached hydrogens (tertiary/aromatic N) is 2. The third-order valence-electron chi connectivity index (χ3n) is 3.84. The Balaban J connectivity index is 1.60. The Hall–Kier alpha value is -3.68. The number of carbonyl (C=O) groups excluding carboxylic acids is 2. The SMILES string of the molecule is CCOc1ccccc1C(=O)NCC(=O)Nc1cccc(-c2n[nH]c(C)n2)c1. The highest BCUT2D eigenvalue weighted by molar-refractivity contribution is 6.01. The zero-order valence-electron chi connectivity index (χ0n) is 15.7. The van der Waals surface area contributed by atoms with Crippen LogP contribution >= 0.6 is 0 Å².